The second-order valence-corrected chi connectivity index (χ2v) is 5.74. The summed E-state index contributed by atoms with van der Waals surface area (Å²) in [4.78, 5) is 14.4. The van der Waals surface area contributed by atoms with Crippen LogP contribution in [-0.2, 0) is 11.2 Å². The number of hydrogen-bond acceptors (Lipinski definition) is 2. The lowest BCUT2D eigenvalue weighted by molar-refractivity contribution is -0.122. The summed E-state index contributed by atoms with van der Waals surface area (Å²) in [6, 6.07) is 13.8. The van der Waals surface area contributed by atoms with E-state index in [0.29, 0.717) is 12.2 Å². The number of nitrogens with two attached hydrogens (primary N) is 1. The molecule has 0 aliphatic carbocycles. The minimum absolute atomic E-state index is 0. The van der Waals surface area contributed by atoms with Crippen LogP contribution in [0.4, 0.5) is 10.1 Å². The van der Waals surface area contributed by atoms with Crippen molar-refractivity contribution in [1.82, 2.24) is 0 Å². The van der Waals surface area contributed by atoms with Gasteiger partial charge in [0.15, 0.2) is 0 Å². The van der Waals surface area contributed by atoms with Gasteiger partial charge in [-0.2, -0.15) is 0 Å². The van der Waals surface area contributed by atoms with E-state index in [-0.39, 0.29) is 36.1 Å². The first-order valence-electron chi connectivity index (χ1n) is 7.48. The Morgan fingerprint density at radius 3 is 2.61 bits per heavy atom. The van der Waals surface area contributed by atoms with Crippen molar-refractivity contribution in [2.45, 2.75) is 19.4 Å². The number of halogens is 2. The predicted octanol–water partition coefficient (Wildman–Crippen LogP) is 3.47. The van der Waals surface area contributed by atoms with Crippen molar-refractivity contribution in [1.29, 1.82) is 0 Å². The van der Waals surface area contributed by atoms with Crippen LogP contribution in [0.3, 0.4) is 0 Å². The lowest BCUT2D eigenvalue weighted by Gasteiger charge is -2.25. The normalized spacial score (nSPS) is 15.5. The topological polar surface area (TPSA) is 46.3 Å². The largest absolute Gasteiger partial charge is 0.323 e. The highest BCUT2D eigenvalue weighted by Gasteiger charge is 2.31. The van der Waals surface area contributed by atoms with Crippen molar-refractivity contribution in [3.05, 3.63) is 65.5 Å². The van der Waals surface area contributed by atoms with Gasteiger partial charge in [-0.15, -0.1) is 12.4 Å². The number of amides is 1. The SMILES string of the molecule is CC(C(=O)N1CCc2ccc(F)cc21)C(N)c1ccccc1.Cl. The first-order valence-corrected chi connectivity index (χ1v) is 7.48. The summed E-state index contributed by atoms with van der Waals surface area (Å²) in [5, 5.41) is 0. The summed E-state index contributed by atoms with van der Waals surface area (Å²) >= 11 is 0. The number of hydrogen-bond donors (Lipinski definition) is 1. The average Bonchev–Trinajstić information content (AvgIpc) is 2.96. The van der Waals surface area contributed by atoms with Crippen molar-refractivity contribution < 1.29 is 9.18 Å². The molecule has 1 aliphatic rings. The van der Waals surface area contributed by atoms with E-state index in [1.165, 1.54) is 12.1 Å². The molecule has 0 spiro atoms. The lowest BCUT2D eigenvalue weighted by Crippen LogP contribution is -2.38. The molecule has 0 fully saturated rings. The van der Waals surface area contributed by atoms with Crippen LogP contribution in [0.25, 0.3) is 0 Å². The summed E-state index contributed by atoms with van der Waals surface area (Å²) in [6.07, 6.45) is 0.759. The average molecular weight is 335 g/mol. The van der Waals surface area contributed by atoms with Gasteiger partial charge in [0.25, 0.3) is 0 Å². The zero-order valence-corrected chi connectivity index (χ0v) is 13.7. The fourth-order valence-corrected chi connectivity index (χ4v) is 2.94. The van der Waals surface area contributed by atoms with E-state index in [2.05, 4.69) is 0 Å². The molecule has 1 heterocycles. The van der Waals surface area contributed by atoms with E-state index in [1.807, 2.05) is 37.3 Å². The van der Waals surface area contributed by atoms with Crippen LogP contribution in [0, 0.1) is 11.7 Å². The molecule has 1 amide bonds. The molecule has 2 N–H and O–H groups in total. The third kappa shape index (κ3) is 3.38. The summed E-state index contributed by atoms with van der Waals surface area (Å²) in [5.41, 5.74) is 8.86. The van der Waals surface area contributed by atoms with Crippen LogP contribution < -0.4 is 10.6 Å². The summed E-state index contributed by atoms with van der Waals surface area (Å²) < 4.78 is 13.5. The Balaban J connectivity index is 0.00000192. The Bertz CT molecular complexity index is 693. The second kappa shape index (κ2) is 7.11. The van der Waals surface area contributed by atoms with Crippen LogP contribution in [0.2, 0.25) is 0 Å². The number of benzene rings is 2. The maximum Gasteiger partial charge on any atom is 0.231 e. The molecule has 3 nitrogen and oxygen atoms in total. The quantitative estimate of drug-likeness (QED) is 0.934. The van der Waals surface area contributed by atoms with Crippen molar-refractivity contribution >= 4 is 24.0 Å². The molecule has 2 aromatic rings. The molecule has 2 aromatic carbocycles. The van der Waals surface area contributed by atoms with Gasteiger partial charge < -0.3 is 10.6 Å². The highest BCUT2D eigenvalue weighted by molar-refractivity contribution is 5.97. The van der Waals surface area contributed by atoms with E-state index in [1.54, 1.807) is 11.0 Å². The molecule has 23 heavy (non-hydrogen) atoms. The fourth-order valence-electron chi connectivity index (χ4n) is 2.94. The van der Waals surface area contributed by atoms with Gasteiger partial charge in [-0.3, -0.25) is 4.79 Å². The zero-order chi connectivity index (χ0) is 15.7. The number of anilines is 1. The van der Waals surface area contributed by atoms with Crippen molar-refractivity contribution in [2.75, 3.05) is 11.4 Å². The maximum atomic E-state index is 13.5. The number of carbonyl (C=O) groups excluding carboxylic acids is 1. The minimum Gasteiger partial charge on any atom is -0.323 e. The number of rotatable bonds is 3. The van der Waals surface area contributed by atoms with Crippen molar-refractivity contribution in [3.8, 4) is 0 Å². The Labute approximate surface area is 141 Å². The molecule has 1 aliphatic heterocycles. The van der Waals surface area contributed by atoms with Gasteiger partial charge in [-0.05, 0) is 29.7 Å². The van der Waals surface area contributed by atoms with Gasteiger partial charge in [0.2, 0.25) is 5.91 Å². The molecule has 0 bridgehead atoms. The molecule has 0 saturated heterocycles. The Kier molecular flexibility index (Phi) is 5.39. The molecule has 0 saturated carbocycles. The zero-order valence-electron chi connectivity index (χ0n) is 12.9. The van der Waals surface area contributed by atoms with E-state index in [9.17, 15) is 9.18 Å². The van der Waals surface area contributed by atoms with E-state index < -0.39 is 0 Å². The van der Waals surface area contributed by atoms with Gasteiger partial charge in [0.1, 0.15) is 5.82 Å². The lowest BCUT2D eigenvalue weighted by atomic mass is 9.94. The van der Waals surface area contributed by atoms with Gasteiger partial charge in [0.05, 0.1) is 5.92 Å². The fraction of sp³-hybridized carbons (Fsp3) is 0.278. The van der Waals surface area contributed by atoms with Crippen LogP contribution in [0.5, 0.6) is 0 Å². The summed E-state index contributed by atoms with van der Waals surface area (Å²) in [5.74, 6) is -0.740. The van der Waals surface area contributed by atoms with Crippen LogP contribution in [-0.4, -0.2) is 12.5 Å². The molecular weight excluding hydrogens is 315 g/mol. The Morgan fingerprint density at radius 1 is 1.22 bits per heavy atom. The van der Waals surface area contributed by atoms with E-state index in [0.717, 1.165) is 17.5 Å². The highest BCUT2D eigenvalue weighted by Crippen LogP contribution is 2.31. The predicted molar refractivity (Wildman–Crippen MR) is 92.2 cm³/mol. The maximum absolute atomic E-state index is 13.5. The second-order valence-electron chi connectivity index (χ2n) is 5.74. The third-order valence-electron chi connectivity index (χ3n) is 4.32. The van der Waals surface area contributed by atoms with Gasteiger partial charge in [-0.1, -0.05) is 43.3 Å². The number of fused-ring (bicyclic) bond motifs is 1. The van der Waals surface area contributed by atoms with Crippen molar-refractivity contribution in [2.24, 2.45) is 11.7 Å². The monoisotopic (exact) mass is 334 g/mol. The molecule has 0 aromatic heterocycles. The Hall–Kier alpha value is -1.91. The number of carbonyl (C=O) groups is 1. The van der Waals surface area contributed by atoms with Crippen LogP contribution in [0.1, 0.15) is 24.1 Å². The Morgan fingerprint density at radius 2 is 1.91 bits per heavy atom. The molecule has 5 heteroatoms. The van der Waals surface area contributed by atoms with Gasteiger partial charge in [-0.25, -0.2) is 4.39 Å². The standard InChI is InChI=1S/C18H19FN2O.ClH/c1-12(17(20)14-5-3-2-4-6-14)18(22)21-10-9-13-7-8-15(19)11-16(13)21;/h2-8,11-12,17H,9-10,20H2,1H3;1H. The molecule has 0 radical (unpaired) electrons. The minimum atomic E-state index is -0.369. The van der Waals surface area contributed by atoms with Gasteiger partial charge >= 0.3 is 0 Å². The number of nitrogens with zero attached hydrogens (tertiary/aromatic N) is 1. The third-order valence-corrected chi connectivity index (χ3v) is 4.32. The summed E-state index contributed by atoms with van der Waals surface area (Å²) in [6.45, 7) is 2.42. The first kappa shape index (κ1) is 17.4. The highest BCUT2D eigenvalue weighted by atomic mass is 35.5. The van der Waals surface area contributed by atoms with E-state index >= 15 is 0 Å². The molecule has 2 atom stereocenters. The molecule has 122 valence electrons. The summed E-state index contributed by atoms with van der Waals surface area (Å²) in [7, 11) is 0. The van der Waals surface area contributed by atoms with E-state index in [4.69, 9.17) is 5.73 Å². The molecule has 3 rings (SSSR count). The van der Waals surface area contributed by atoms with Crippen LogP contribution in [0.15, 0.2) is 48.5 Å². The molecular formula is C18H20ClFN2O. The first-order chi connectivity index (χ1) is 10.6. The van der Waals surface area contributed by atoms with Crippen LogP contribution >= 0.6 is 12.4 Å². The van der Waals surface area contributed by atoms with Crippen molar-refractivity contribution in [3.63, 3.8) is 0 Å². The smallest absolute Gasteiger partial charge is 0.231 e. The molecule has 2 unspecified atom stereocenters. The van der Waals surface area contributed by atoms with Gasteiger partial charge in [0, 0.05) is 18.3 Å².